The molecule has 2 saturated carbocycles. The molecule has 0 aromatic heterocycles. The summed E-state index contributed by atoms with van der Waals surface area (Å²) in [5.74, 6) is 1.96. The summed E-state index contributed by atoms with van der Waals surface area (Å²) < 4.78 is 0. The van der Waals surface area contributed by atoms with Gasteiger partial charge in [-0.25, -0.2) is 4.79 Å². The average molecular weight is 658 g/mol. The third-order valence-electron chi connectivity index (χ3n) is 10.1. The number of nitrogens with one attached hydrogen (secondary N) is 4. The summed E-state index contributed by atoms with van der Waals surface area (Å²) in [7, 11) is 0. The van der Waals surface area contributed by atoms with E-state index in [9.17, 15) is 24.0 Å². The van der Waals surface area contributed by atoms with Crippen LogP contribution in [0.1, 0.15) is 92.9 Å². The van der Waals surface area contributed by atoms with Crippen molar-refractivity contribution in [3.8, 4) is 12.3 Å². The number of urea groups is 1. The Morgan fingerprint density at radius 2 is 1.78 bits per heavy atom. The van der Waals surface area contributed by atoms with E-state index in [1.54, 1.807) is 4.90 Å². The average Bonchev–Trinajstić information content (AvgIpc) is 3.31. The molecule has 4 N–H and O–H groups in total. The van der Waals surface area contributed by atoms with Gasteiger partial charge in [0.15, 0.2) is 0 Å². The van der Waals surface area contributed by atoms with Crippen LogP contribution in [0.15, 0.2) is 12.7 Å². The molecule has 0 spiro atoms. The van der Waals surface area contributed by atoms with Gasteiger partial charge < -0.3 is 26.2 Å². The van der Waals surface area contributed by atoms with Crippen LogP contribution in [0.4, 0.5) is 4.79 Å². The molecule has 10 nitrogen and oxygen atoms in total. The number of carbonyl (C=O) groups excluding carboxylic acids is 5. The third-order valence-corrected chi connectivity index (χ3v) is 11.0. The Morgan fingerprint density at radius 3 is 2.37 bits per heavy atom. The molecule has 0 aromatic rings. The van der Waals surface area contributed by atoms with E-state index < -0.39 is 41.1 Å². The number of terminal acetylenes is 1. The van der Waals surface area contributed by atoms with Gasteiger partial charge in [0, 0.05) is 25.0 Å². The van der Waals surface area contributed by atoms with Crippen LogP contribution < -0.4 is 21.3 Å². The lowest BCUT2D eigenvalue weighted by Crippen LogP contribution is -2.63. The third kappa shape index (κ3) is 8.87. The zero-order valence-electron chi connectivity index (χ0n) is 28.6. The molecule has 3 fully saturated rings. The van der Waals surface area contributed by atoms with Crippen LogP contribution in [0, 0.1) is 35.0 Å². The Morgan fingerprint density at radius 1 is 1.11 bits per heavy atom. The summed E-state index contributed by atoms with van der Waals surface area (Å²) in [6.07, 6.45) is 13.1. The van der Waals surface area contributed by atoms with Gasteiger partial charge in [-0.3, -0.25) is 19.2 Å². The van der Waals surface area contributed by atoms with Gasteiger partial charge in [-0.1, -0.05) is 66.9 Å². The fourth-order valence-corrected chi connectivity index (χ4v) is 8.10. The molecule has 1 aliphatic heterocycles. The predicted molar refractivity (Wildman–Crippen MR) is 183 cm³/mol. The lowest BCUT2D eigenvalue weighted by atomic mass is 9.79. The van der Waals surface area contributed by atoms with Gasteiger partial charge in [-0.05, 0) is 59.9 Å². The van der Waals surface area contributed by atoms with E-state index in [0.717, 1.165) is 50.0 Å². The molecule has 1 saturated heterocycles. The SMILES string of the molecule is C#CCCC(NC(=O)[C@@H]1[C@@H]2C(CN1C(=O)[C@@H](NC(=O)NC1(CCSCC)CCCCC1)C(C)(C)C)C2(C)C)C(=O)C(=O)NCC=C. The fraction of sp³-hybridized carbons (Fsp3) is 0.743. The van der Waals surface area contributed by atoms with Crippen molar-refractivity contribution in [3.63, 3.8) is 0 Å². The highest BCUT2D eigenvalue weighted by molar-refractivity contribution is 7.99. The number of Topliss-reactive ketones (excluding diaryl/α,β-unsaturated/α-hetero) is 1. The summed E-state index contributed by atoms with van der Waals surface area (Å²) in [4.78, 5) is 69.0. The predicted octanol–water partition coefficient (Wildman–Crippen LogP) is 3.80. The zero-order chi connectivity index (χ0) is 34.3. The topological polar surface area (TPSA) is 137 Å². The Bertz CT molecular complexity index is 1200. The minimum absolute atomic E-state index is 0.0889. The van der Waals surface area contributed by atoms with Crippen molar-refractivity contribution >= 4 is 41.3 Å². The van der Waals surface area contributed by atoms with Crippen LogP contribution in [-0.4, -0.2) is 82.7 Å². The number of ketones is 1. The summed E-state index contributed by atoms with van der Waals surface area (Å²) in [6, 6.07) is -3.24. The number of hydrogen-bond acceptors (Lipinski definition) is 6. The zero-order valence-corrected chi connectivity index (χ0v) is 29.4. The minimum atomic E-state index is -1.13. The van der Waals surface area contributed by atoms with Crippen molar-refractivity contribution in [3.05, 3.63) is 12.7 Å². The van der Waals surface area contributed by atoms with Gasteiger partial charge in [-0.15, -0.1) is 18.9 Å². The van der Waals surface area contributed by atoms with Gasteiger partial charge in [0.1, 0.15) is 12.1 Å². The molecule has 0 radical (unpaired) electrons. The fourth-order valence-electron chi connectivity index (χ4n) is 7.28. The first-order chi connectivity index (χ1) is 21.6. The number of piperidine rings is 1. The summed E-state index contributed by atoms with van der Waals surface area (Å²) >= 11 is 1.86. The summed E-state index contributed by atoms with van der Waals surface area (Å²) in [6.45, 7) is 16.0. The molecule has 11 heteroatoms. The maximum absolute atomic E-state index is 14.4. The maximum Gasteiger partial charge on any atom is 0.315 e. The van der Waals surface area contributed by atoms with Crippen LogP contribution in [0.2, 0.25) is 0 Å². The largest absolute Gasteiger partial charge is 0.346 e. The molecule has 46 heavy (non-hydrogen) atoms. The lowest BCUT2D eigenvalue weighted by molar-refractivity contribution is -0.145. The second kappa shape index (κ2) is 15.7. The summed E-state index contributed by atoms with van der Waals surface area (Å²) in [5, 5.41) is 11.5. The molecular formula is C35H55N5O5S. The lowest BCUT2D eigenvalue weighted by Gasteiger charge is -2.41. The van der Waals surface area contributed by atoms with E-state index in [1.165, 1.54) is 6.08 Å². The van der Waals surface area contributed by atoms with Gasteiger partial charge in [0.2, 0.25) is 17.6 Å². The van der Waals surface area contributed by atoms with Crippen molar-refractivity contribution in [1.82, 2.24) is 26.2 Å². The monoisotopic (exact) mass is 657 g/mol. The number of carbonyl (C=O) groups is 5. The normalized spacial score (nSPS) is 23.9. The smallest absolute Gasteiger partial charge is 0.315 e. The van der Waals surface area contributed by atoms with Crippen molar-refractivity contribution < 1.29 is 24.0 Å². The first kappa shape index (κ1) is 37.5. The number of likely N-dealkylation sites (tertiary alicyclic amines) is 1. The van der Waals surface area contributed by atoms with Gasteiger partial charge >= 0.3 is 6.03 Å². The van der Waals surface area contributed by atoms with Crippen LogP contribution in [0.25, 0.3) is 0 Å². The molecule has 1 heterocycles. The Balaban J connectivity index is 1.81. The first-order valence-corrected chi connectivity index (χ1v) is 17.9. The van der Waals surface area contributed by atoms with E-state index in [2.05, 4.69) is 54.5 Å². The van der Waals surface area contributed by atoms with Crippen molar-refractivity contribution in [2.24, 2.45) is 22.7 Å². The Kier molecular flexibility index (Phi) is 12.8. The summed E-state index contributed by atoms with van der Waals surface area (Å²) in [5.41, 5.74) is -1.12. The quantitative estimate of drug-likeness (QED) is 0.0916. The molecule has 0 aromatic carbocycles. The van der Waals surface area contributed by atoms with Crippen LogP contribution in [-0.2, 0) is 19.2 Å². The van der Waals surface area contributed by atoms with E-state index in [-0.39, 0.29) is 54.1 Å². The molecule has 0 bridgehead atoms. The molecule has 5 atom stereocenters. The number of nitrogens with zero attached hydrogens (tertiary/aromatic N) is 1. The molecule has 3 rings (SSSR count). The van der Waals surface area contributed by atoms with Crippen LogP contribution >= 0.6 is 11.8 Å². The van der Waals surface area contributed by atoms with Gasteiger partial charge in [0.25, 0.3) is 5.91 Å². The highest BCUT2D eigenvalue weighted by atomic mass is 32.2. The molecule has 3 aliphatic rings. The second-order valence-corrected chi connectivity index (χ2v) is 16.1. The van der Waals surface area contributed by atoms with Crippen molar-refractivity contribution in [1.29, 1.82) is 0 Å². The van der Waals surface area contributed by atoms with Crippen molar-refractivity contribution in [2.75, 3.05) is 24.6 Å². The minimum Gasteiger partial charge on any atom is -0.346 e. The maximum atomic E-state index is 14.4. The van der Waals surface area contributed by atoms with E-state index >= 15 is 0 Å². The Hall–Kier alpha value is -3.00. The Labute approximate surface area is 279 Å². The van der Waals surface area contributed by atoms with E-state index in [4.69, 9.17) is 6.42 Å². The van der Waals surface area contributed by atoms with E-state index in [0.29, 0.717) is 6.54 Å². The second-order valence-electron chi connectivity index (χ2n) is 14.7. The standard InChI is InChI=1S/C35H55N5O5S/c1-9-12-16-24(27(41)30(43)36-20-10-2)37-29(42)26-25-23(34(25,7)8)22-40(26)31(44)28(33(4,5)6)38-32(45)39-35(19-21-46-11-3)17-14-13-15-18-35/h1,10,23-26,28H,2,11-22H2,3-8H3,(H,36,43)(H,37,42)(H2,38,39,45)/t23?,24?,25-,26-,28+/m0/s1. The van der Waals surface area contributed by atoms with Crippen LogP contribution in [0.5, 0.6) is 0 Å². The van der Waals surface area contributed by atoms with Gasteiger partial charge in [0.05, 0.1) is 6.04 Å². The number of fused-ring (bicyclic) bond motifs is 1. The highest BCUT2D eigenvalue weighted by Crippen LogP contribution is 2.65. The number of hydrogen-bond donors (Lipinski definition) is 4. The van der Waals surface area contributed by atoms with Gasteiger partial charge in [-0.2, -0.15) is 11.8 Å². The highest BCUT2D eigenvalue weighted by Gasteiger charge is 2.70. The van der Waals surface area contributed by atoms with Crippen LogP contribution in [0.3, 0.4) is 0 Å². The van der Waals surface area contributed by atoms with Crippen molar-refractivity contribution in [2.45, 2.75) is 117 Å². The first-order valence-electron chi connectivity index (χ1n) is 16.8. The molecule has 5 amide bonds. The number of rotatable bonds is 15. The molecular weight excluding hydrogens is 602 g/mol. The number of amides is 5. The molecule has 2 aliphatic carbocycles. The molecule has 256 valence electrons. The number of thioether (sulfide) groups is 1. The van der Waals surface area contributed by atoms with E-state index in [1.807, 2.05) is 32.5 Å². The molecule has 2 unspecified atom stereocenters.